The number of nitrogens with one attached hydrogen (secondary N) is 2. The second-order valence-electron chi connectivity index (χ2n) is 4.61. The van der Waals surface area contributed by atoms with Crippen molar-refractivity contribution in [1.29, 1.82) is 5.41 Å². The number of primary amides is 1. The molecule has 112 valence electrons. The molecule has 0 atom stereocenters. The zero-order valence-electron chi connectivity index (χ0n) is 11.8. The number of aryl methyl sites for hydroxylation is 1. The van der Waals surface area contributed by atoms with Crippen molar-refractivity contribution in [3.8, 4) is 0 Å². The molecule has 0 radical (unpaired) electrons. The number of amides is 1. The molecule has 2 aromatic rings. The molecule has 0 unspecified atom stereocenters. The Bertz CT molecular complexity index is 642. The summed E-state index contributed by atoms with van der Waals surface area (Å²) in [5.41, 5.74) is 6.53. The van der Waals surface area contributed by atoms with Crippen molar-refractivity contribution in [3.63, 3.8) is 0 Å². The van der Waals surface area contributed by atoms with Crippen LogP contribution >= 0.6 is 0 Å². The lowest BCUT2D eigenvalue weighted by molar-refractivity contribution is -0.129. The molecule has 1 aromatic carbocycles. The minimum absolute atomic E-state index is 0.218. The standard InChI is InChI=1S/C13H14N2O2.C2H5NO/c14-11(13(16)17)6-3-4-9-8-15-12-7-2-1-5-10(9)12;1-2(3)4/h1-2,5,7-8,14-15H,3-4,6H2,(H,16,17);1H3,(H2,3,4). The molecular formula is C15H19N3O3. The molecule has 21 heavy (non-hydrogen) atoms. The van der Waals surface area contributed by atoms with Crippen molar-refractivity contribution in [3.05, 3.63) is 36.0 Å². The van der Waals surface area contributed by atoms with Crippen LogP contribution in [0.25, 0.3) is 10.9 Å². The van der Waals surface area contributed by atoms with Crippen molar-refractivity contribution >= 4 is 28.5 Å². The van der Waals surface area contributed by atoms with E-state index in [1.807, 2.05) is 30.5 Å². The minimum Gasteiger partial charge on any atom is -0.477 e. The van der Waals surface area contributed by atoms with E-state index in [4.69, 9.17) is 10.5 Å². The maximum Gasteiger partial charge on any atom is 0.349 e. The summed E-state index contributed by atoms with van der Waals surface area (Å²) in [4.78, 5) is 22.9. The van der Waals surface area contributed by atoms with Crippen LogP contribution in [0.3, 0.4) is 0 Å². The summed E-state index contributed by atoms with van der Waals surface area (Å²) in [5.74, 6) is -1.45. The number of fused-ring (bicyclic) bond motifs is 1. The maximum absolute atomic E-state index is 10.5. The second-order valence-corrected chi connectivity index (χ2v) is 4.61. The Morgan fingerprint density at radius 1 is 1.33 bits per heavy atom. The van der Waals surface area contributed by atoms with Crippen LogP contribution in [0.4, 0.5) is 0 Å². The molecule has 0 fully saturated rings. The van der Waals surface area contributed by atoms with E-state index in [2.05, 4.69) is 10.7 Å². The van der Waals surface area contributed by atoms with Gasteiger partial charge in [-0.3, -0.25) is 10.2 Å². The summed E-state index contributed by atoms with van der Waals surface area (Å²) >= 11 is 0. The van der Waals surface area contributed by atoms with Crippen molar-refractivity contribution in [1.82, 2.24) is 4.98 Å². The largest absolute Gasteiger partial charge is 0.477 e. The fraction of sp³-hybridized carbons (Fsp3) is 0.267. The first-order valence-electron chi connectivity index (χ1n) is 6.53. The molecule has 1 heterocycles. The van der Waals surface area contributed by atoms with E-state index in [0.717, 1.165) is 11.9 Å². The normalized spacial score (nSPS) is 9.76. The molecule has 0 saturated carbocycles. The summed E-state index contributed by atoms with van der Waals surface area (Å²) in [7, 11) is 0. The first kappa shape index (κ1) is 16.4. The number of hydrogen-bond donors (Lipinski definition) is 4. The number of carboxylic acid groups (broad SMARTS) is 1. The predicted molar refractivity (Wildman–Crippen MR) is 81.5 cm³/mol. The Hall–Kier alpha value is -2.63. The highest BCUT2D eigenvalue weighted by atomic mass is 16.4. The third kappa shape index (κ3) is 5.48. The molecule has 5 N–H and O–H groups in total. The van der Waals surface area contributed by atoms with E-state index in [1.54, 1.807) is 0 Å². The van der Waals surface area contributed by atoms with Crippen LogP contribution in [0.5, 0.6) is 0 Å². The van der Waals surface area contributed by atoms with Gasteiger partial charge < -0.3 is 15.8 Å². The Morgan fingerprint density at radius 2 is 1.95 bits per heavy atom. The first-order valence-corrected chi connectivity index (χ1v) is 6.53. The Balaban J connectivity index is 0.000000491. The molecule has 1 amide bonds. The highest BCUT2D eigenvalue weighted by Crippen LogP contribution is 2.19. The number of rotatable bonds is 5. The van der Waals surface area contributed by atoms with Gasteiger partial charge in [0.15, 0.2) is 0 Å². The number of benzene rings is 1. The van der Waals surface area contributed by atoms with E-state index < -0.39 is 5.97 Å². The third-order valence-electron chi connectivity index (χ3n) is 2.81. The van der Waals surface area contributed by atoms with Crippen LogP contribution in [0.15, 0.2) is 30.5 Å². The van der Waals surface area contributed by atoms with Crippen LogP contribution in [-0.4, -0.2) is 27.7 Å². The smallest absolute Gasteiger partial charge is 0.349 e. The number of aromatic amines is 1. The summed E-state index contributed by atoms with van der Waals surface area (Å²) in [5, 5.41) is 17.0. The fourth-order valence-electron chi connectivity index (χ4n) is 1.90. The molecule has 0 aliphatic carbocycles. The Labute approximate surface area is 122 Å². The van der Waals surface area contributed by atoms with E-state index in [1.165, 1.54) is 17.9 Å². The van der Waals surface area contributed by atoms with Gasteiger partial charge >= 0.3 is 5.97 Å². The Morgan fingerprint density at radius 3 is 2.57 bits per heavy atom. The third-order valence-corrected chi connectivity index (χ3v) is 2.81. The molecule has 6 nitrogen and oxygen atoms in total. The minimum atomic E-state index is -1.12. The zero-order chi connectivity index (χ0) is 15.8. The number of H-pyrrole nitrogens is 1. The number of aromatic nitrogens is 1. The van der Waals surface area contributed by atoms with Gasteiger partial charge in [-0.15, -0.1) is 0 Å². The lowest BCUT2D eigenvalue weighted by Gasteiger charge is -1.99. The van der Waals surface area contributed by atoms with Gasteiger partial charge in [-0.1, -0.05) is 18.2 Å². The van der Waals surface area contributed by atoms with Crippen LogP contribution in [-0.2, 0) is 16.0 Å². The average Bonchev–Trinajstić information content (AvgIpc) is 2.81. The number of carbonyl (C=O) groups is 2. The van der Waals surface area contributed by atoms with Gasteiger partial charge in [0.1, 0.15) is 5.71 Å². The summed E-state index contributed by atoms with van der Waals surface area (Å²) < 4.78 is 0. The van der Waals surface area contributed by atoms with Gasteiger partial charge in [-0.05, 0) is 30.9 Å². The van der Waals surface area contributed by atoms with Crippen molar-refractivity contribution in [2.75, 3.05) is 0 Å². The lowest BCUT2D eigenvalue weighted by atomic mass is 10.1. The Kier molecular flexibility index (Phi) is 6.13. The summed E-state index contributed by atoms with van der Waals surface area (Å²) in [6.07, 6.45) is 3.75. The predicted octanol–water partition coefficient (Wildman–Crippen LogP) is 2.09. The molecule has 6 heteroatoms. The van der Waals surface area contributed by atoms with Gasteiger partial charge in [0.05, 0.1) is 0 Å². The van der Waals surface area contributed by atoms with Gasteiger partial charge in [-0.25, -0.2) is 4.79 Å². The maximum atomic E-state index is 10.5. The summed E-state index contributed by atoms with van der Waals surface area (Å²) in [6.45, 7) is 1.31. The lowest BCUT2D eigenvalue weighted by Crippen LogP contribution is -2.11. The molecule has 1 aromatic heterocycles. The number of carbonyl (C=O) groups excluding carboxylic acids is 1. The number of nitrogens with two attached hydrogens (primary N) is 1. The van der Waals surface area contributed by atoms with Gasteiger partial charge in [0, 0.05) is 24.0 Å². The molecule has 0 aliphatic rings. The molecule has 0 bridgehead atoms. The zero-order valence-corrected chi connectivity index (χ0v) is 11.8. The summed E-state index contributed by atoms with van der Waals surface area (Å²) in [6, 6.07) is 8.02. The monoisotopic (exact) mass is 289 g/mol. The van der Waals surface area contributed by atoms with Crippen LogP contribution in [0.2, 0.25) is 0 Å². The van der Waals surface area contributed by atoms with Crippen molar-refractivity contribution in [2.45, 2.75) is 26.2 Å². The average molecular weight is 289 g/mol. The highest BCUT2D eigenvalue weighted by molar-refractivity contribution is 6.34. The van der Waals surface area contributed by atoms with E-state index in [-0.39, 0.29) is 11.6 Å². The molecule has 0 saturated heterocycles. The topological polar surface area (TPSA) is 120 Å². The van der Waals surface area contributed by atoms with Gasteiger partial charge in [0.2, 0.25) is 5.91 Å². The van der Waals surface area contributed by atoms with Crippen LogP contribution < -0.4 is 5.73 Å². The number of aliphatic carboxylic acids is 1. The molecule has 0 spiro atoms. The fourth-order valence-corrected chi connectivity index (χ4v) is 1.90. The van der Waals surface area contributed by atoms with Gasteiger partial charge in [-0.2, -0.15) is 0 Å². The SMILES string of the molecule is CC(N)=O.N=C(CCCc1c[nH]c2ccccc12)C(=O)O. The number of carboxylic acids is 1. The number of hydrogen-bond acceptors (Lipinski definition) is 3. The van der Waals surface area contributed by atoms with E-state index >= 15 is 0 Å². The van der Waals surface area contributed by atoms with E-state index in [0.29, 0.717) is 12.8 Å². The first-order chi connectivity index (χ1) is 9.91. The number of para-hydroxylation sites is 1. The van der Waals surface area contributed by atoms with Crippen molar-refractivity contribution in [2.24, 2.45) is 5.73 Å². The molecule has 2 rings (SSSR count). The van der Waals surface area contributed by atoms with Gasteiger partial charge in [0.25, 0.3) is 0 Å². The highest BCUT2D eigenvalue weighted by Gasteiger charge is 2.07. The van der Waals surface area contributed by atoms with Crippen LogP contribution in [0, 0.1) is 5.41 Å². The van der Waals surface area contributed by atoms with Crippen LogP contribution in [0.1, 0.15) is 25.3 Å². The molecular weight excluding hydrogens is 270 g/mol. The molecule has 0 aliphatic heterocycles. The van der Waals surface area contributed by atoms with E-state index in [9.17, 15) is 9.59 Å². The van der Waals surface area contributed by atoms with Crippen molar-refractivity contribution < 1.29 is 14.7 Å². The quantitative estimate of drug-likeness (QED) is 0.630. The second kappa shape index (κ2) is 7.84.